The van der Waals surface area contributed by atoms with Crippen LogP contribution in [-0.2, 0) is 4.74 Å². The fourth-order valence-electron chi connectivity index (χ4n) is 5.10. The number of rotatable bonds is 2. The molecule has 2 aliphatic heterocycles. The Kier molecular flexibility index (Phi) is 4.25. The SMILES string of the molecule is Fc1ccc(C2C3=C(OC=CC4=CNNC43)c3ccccc3C2c2ccccc2)cc1. The van der Waals surface area contributed by atoms with E-state index in [9.17, 15) is 4.39 Å². The average Bonchev–Trinajstić information content (AvgIpc) is 3.20. The van der Waals surface area contributed by atoms with Gasteiger partial charge in [0.1, 0.15) is 11.6 Å². The van der Waals surface area contributed by atoms with E-state index in [4.69, 9.17) is 4.74 Å². The third-order valence-corrected chi connectivity index (χ3v) is 6.42. The lowest BCUT2D eigenvalue weighted by molar-refractivity contribution is 0.417. The highest BCUT2D eigenvalue weighted by atomic mass is 19.1. The van der Waals surface area contributed by atoms with Crippen LogP contribution in [-0.4, -0.2) is 6.04 Å². The predicted octanol–water partition coefficient (Wildman–Crippen LogP) is 5.37. The molecule has 1 aliphatic carbocycles. The second kappa shape index (κ2) is 7.25. The molecular weight excluding hydrogens is 387 g/mol. The molecule has 0 saturated heterocycles. The fraction of sp³-hybridized carbons (Fsp3) is 0.111. The molecule has 152 valence electrons. The minimum Gasteiger partial charge on any atom is -0.464 e. The highest BCUT2D eigenvalue weighted by Gasteiger charge is 2.43. The van der Waals surface area contributed by atoms with Gasteiger partial charge in [-0.2, -0.15) is 0 Å². The second-order valence-corrected chi connectivity index (χ2v) is 8.08. The zero-order valence-electron chi connectivity index (χ0n) is 16.8. The van der Waals surface area contributed by atoms with Crippen molar-refractivity contribution in [3.8, 4) is 0 Å². The van der Waals surface area contributed by atoms with Gasteiger partial charge in [-0.3, -0.25) is 0 Å². The van der Waals surface area contributed by atoms with Crippen molar-refractivity contribution in [2.24, 2.45) is 0 Å². The van der Waals surface area contributed by atoms with Crippen molar-refractivity contribution in [3.63, 3.8) is 0 Å². The lowest BCUT2D eigenvalue weighted by Crippen LogP contribution is -2.38. The van der Waals surface area contributed by atoms with Crippen LogP contribution in [0.1, 0.15) is 34.1 Å². The zero-order chi connectivity index (χ0) is 20.8. The van der Waals surface area contributed by atoms with Crippen molar-refractivity contribution in [3.05, 3.63) is 137 Å². The maximum Gasteiger partial charge on any atom is 0.135 e. The molecule has 0 aromatic heterocycles. The van der Waals surface area contributed by atoms with E-state index in [-0.39, 0.29) is 23.7 Å². The summed E-state index contributed by atoms with van der Waals surface area (Å²) in [4.78, 5) is 0. The van der Waals surface area contributed by atoms with Gasteiger partial charge in [-0.05, 0) is 40.5 Å². The Bertz CT molecular complexity index is 1230. The molecule has 4 heteroatoms. The quantitative estimate of drug-likeness (QED) is 0.598. The first-order valence-electron chi connectivity index (χ1n) is 10.5. The van der Waals surface area contributed by atoms with Crippen LogP contribution in [0.4, 0.5) is 4.39 Å². The Labute approximate surface area is 180 Å². The number of hydrazine groups is 1. The van der Waals surface area contributed by atoms with E-state index in [1.54, 1.807) is 18.4 Å². The monoisotopic (exact) mass is 408 g/mol. The van der Waals surface area contributed by atoms with Gasteiger partial charge >= 0.3 is 0 Å². The molecule has 0 amide bonds. The van der Waals surface area contributed by atoms with E-state index in [0.29, 0.717) is 0 Å². The molecule has 0 spiro atoms. The normalized spacial score (nSPS) is 23.6. The second-order valence-electron chi connectivity index (χ2n) is 8.08. The number of hydrogen-bond acceptors (Lipinski definition) is 3. The van der Waals surface area contributed by atoms with Crippen LogP contribution in [0.5, 0.6) is 0 Å². The molecule has 31 heavy (non-hydrogen) atoms. The summed E-state index contributed by atoms with van der Waals surface area (Å²) in [6.45, 7) is 0. The summed E-state index contributed by atoms with van der Waals surface area (Å²) < 4.78 is 20.1. The number of ether oxygens (including phenoxy) is 1. The molecule has 0 fully saturated rings. The minimum absolute atomic E-state index is 0.0198. The molecule has 0 radical (unpaired) electrons. The topological polar surface area (TPSA) is 33.3 Å². The average molecular weight is 408 g/mol. The van der Waals surface area contributed by atoms with Gasteiger partial charge in [-0.15, -0.1) is 0 Å². The van der Waals surface area contributed by atoms with Gasteiger partial charge in [0.15, 0.2) is 0 Å². The summed E-state index contributed by atoms with van der Waals surface area (Å²) >= 11 is 0. The standard InChI is InChI=1S/C27H21FN2O/c28-20-12-10-18(11-13-20)24-23(17-6-2-1-3-7-17)21-8-4-5-9-22(21)27-25(24)26-19(14-15-31-27)16-29-30-26/h1-16,23-24,26,29-30H. The van der Waals surface area contributed by atoms with Gasteiger partial charge < -0.3 is 10.2 Å². The van der Waals surface area contributed by atoms with Crippen LogP contribution < -0.4 is 10.9 Å². The Morgan fingerprint density at radius 1 is 0.774 bits per heavy atom. The lowest BCUT2D eigenvalue weighted by atomic mass is 9.66. The predicted molar refractivity (Wildman–Crippen MR) is 119 cm³/mol. The van der Waals surface area contributed by atoms with Crippen molar-refractivity contribution in [1.82, 2.24) is 10.9 Å². The third-order valence-electron chi connectivity index (χ3n) is 6.42. The molecule has 0 bridgehead atoms. The molecule has 3 aliphatic rings. The van der Waals surface area contributed by atoms with E-state index in [1.807, 2.05) is 30.5 Å². The number of hydrogen-bond donors (Lipinski definition) is 2. The fourth-order valence-corrected chi connectivity index (χ4v) is 5.10. The zero-order valence-corrected chi connectivity index (χ0v) is 16.8. The molecule has 3 unspecified atom stereocenters. The molecule has 0 saturated carbocycles. The Morgan fingerprint density at radius 3 is 2.35 bits per heavy atom. The third kappa shape index (κ3) is 2.91. The van der Waals surface area contributed by atoms with Gasteiger partial charge in [0.2, 0.25) is 0 Å². The first-order chi connectivity index (χ1) is 15.3. The molecule has 2 heterocycles. The van der Waals surface area contributed by atoms with E-state index in [0.717, 1.165) is 28.0 Å². The van der Waals surface area contributed by atoms with Gasteiger partial charge in [-0.25, -0.2) is 9.82 Å². The van der Waals surface area contributed by atoms with Crippen molar-refractivity contribution in [2.45, 2.75) is 17.9 Å². The van der Waals surface area contributed by atoms with Crippen LogP contribution in [0, 0.1) is 5.82 Å². The number of benzene rings is 3. The van der Waals surface area contributed by atoms with Crippen molar-refractivity contribution < 1.29 is 9.13 Å². The van der Waals surface area contributed by atoms with E-state index in [1.165, 1.54) is 11.1 Å². The summed E-state index contributed by atoms with van der Waals surface area (Å²) in [5.41, 5.74) is 13.5. The first kappa shape index (κ1) is 18.2. The largest absolute Gasteiger partial charge is 0.464 e. The van der Waals surface area contributed by atoms with E-state index in [2.05, 4.69) is 59.4 Å². The summed E-state index contributed by atoms with van der Waals surface area (Å²) in [7, 11) is 0. The molecular formula is C27H21FN2O. The molecule has 2 N–H and O–H groups in total. The molecule has 3 atom stereocenters. The Balaban J connectivity index is 1.66. The molecule has 3 aromatic carbocycles. The molecule has 3 aromatic rings. The molecule has 3 nitrogen and oxygen atoms in total. The van der Waals surface area contributed by atoms with Gasteiger partial charge in [-0.1, -0.05) is 66.7 Å². The Hall–Kier alpha value is -3.63. The van der Waals surface area contributed by atoms with Gasteiger partial charge in [0.25, 0.3) is 0 Å². The number of fused-ring (bicyclic) bond motifs is 4. The summed E-state index contributed by atoms with van der Waals surface area (Å²) in [6.07, 6.45) is 5.73. The highest BCUT2D eigenvalue weighted by Crippen LogP contribution is 2.53. The maximum atomic E-state index is 13.8. The van der Waals surface area contributed by atoms with Gasteiger partial charge in [0, 0.05) is 29.2 Å². The van der Waals surface area contributed by atoms with Crippen LogP contribution in [0.25, 0.3) is 5.76 Å². The van der Waals surface area contributed by atoms with Crippen LogP contribution in [0.3, 0.4) is 0 Å². The van der Waals surface area contributed by atoms with Crippen LogP contribution in [0.15, 0.2) is 109 Å². The summed E-state index contributed by atoms with van der Waals surface area (Å²) in [5, 5.41) is 0. The Morgan fingerprint density at radius 2 is 1.52 bits per heavy atom. The smallest absolute Gasteiger partial charge is 0.135 e. The number of nitrogens with one attached hydrogen (secondary N) is 2. The first-order valence-corrected chi connectivity index (χ1v) is 10.5. The molecule has 6 rings (SSSR count). The van der Waals surface area contributed by atoms with Crippen molar-refractivity contribution in [1.29, 1.82) is 0 Å². The van der Waals surface area contributed by atoms with Crippen molar-refractivity contribution >= 4 is 5.76 Å². The summed E-state index contributed by atoms with van der Waals surface area (Å²) in [6, 6.07) is 25.9. The summed E-state index contributed by atoms with van der Waals surface area (Å²) in [5.74, 6) is 0.698. The maximum absolute atomic E-state index is 13.8. The van der Waals surface area contributed by atoms with Gasteiger partial charge in [0.05, 0.1) is 12.3 Å². The van der Waals surface area contributed by atoms with E-state index < -0.39 is 0 Å². The minimum atomic E-state index is -0.231. The van der Waals surface area contributed by atoms with Crippen molar-refractivity contribution in [2.75, 3.05) is 0 Å². The van der Waals surface area contributed by atoms with Crippen LogP contribution in [0.2, 0.25) is 0 Å². The van der Waals surface area contributed by atoms with Crippen LogP contribution >= 0.6 is 0 Å². The van der Waals surface area contributed by atoms with E-state index >= 15 is 0 Å². The number of halogens is 1. The highest BCUT2D eigenvalue weighted by molar-refractivity contribution is 5.76. The lowest BCUT2D eigenvalue weighted by Gasteiger charge is -2.39.